The minimum atomic E-state index is -0.936. The monoisotopic (exact) mass is 465 g/mol. The van der Waals surface area contributed by atoms with Crippen LogP contribution in [0, 0.1) is 5.82 Å². The third-order valence-corrected chi connectivity index (χ3v) is 4.80. The Morgan fingerprint density at radius 2 is 1.71 bits per heavy atom. The fourth-order valence-electron chi connectivity index (χ4n) is 3.19. The fourth-order valence-corrected chi connectivity index (χ4v) is 3.19. The van der Waals surface area contributed by atoms with Gasteiger partial charge >= 0.3 is 12.0 Å². The van der Waals surface area contributed by atoms with Crippen LogP contribution in [0.15, 0.2) is 65.3 Å². The van der Waals surface area contributed by atoms with Crippen LogP contribution in [0.5, 0.6) is 0 Å². The van der Waals surface area contributed by atoms with Crippen molar-refractivity contribution in [2.75, 3.05) is 11.5 Å². The first kappa shape index (κ1) is 22.4. The molecule has 0 unspecified atom stereocenters. The molecular formula is C23H16FN3O7. The van der Waals surface area contributed by atoms with E-state index in [1.54, 1.807) is 12.1 Å². The van der Waals surface area contributed by atoms with Crippen LogP contribution in [0.2, 0.25) is 0 Å². The van der Waals surface area contributed by atoms with Crippen LogP contribution in [-0.4, -0.2) is 36.3 Å². The molecule has 0 saturated heterocycles. The van der Waals surface area contributed by atoms with E-state index < -0.39 is 42.1 Å². The molecule has 1 aliphatic rings. The average molecular weight is 465 g/mol. The summed E-state index contributed by atoms with van der Waals surface area (Å²) in [5.74, 6) is -3.16. The smallest absolute Gasteiger partial charge is 0.338 e. The number of hydrogen-bond acceptors (Lipinski definition) is 7. The van der Waals surface area contributed by atoms with Crippen LogP contribution in [0.1, 0.15) is 36.8 Å². The molecule has 1 aromatic heterocycles. The number of imide groups is 2. The molecule has 0 saturated carbocycles. The standard InChI is InChI=1S/C23H16FN3O7/c24-14-4-6-15(7-5-14)27-20(29)17-8-3-13(10-18(17)21(27)30)22(31)34-12-19(28)26-23(32)25-11-16-2-1-9-33-16/h1-10H,11-12H2,(H2,25,26,28,32). The van der Waals surface area contributed by atoms with Gasteiger partial charge in [0.15, 0.2) is 6.61 Å². The molecule has 0 radical (unpaired) electrons. The van der Waals surface area contributed by atoms with Gasteiger partial charge in [0, 0.05) is 0 Å². The summed E-state index contributed by atoms with van der Waals surface area (Å²) in [7, 11) is 0. The Labute approximate surface area is 191 Å². The topological polar surface area (TPSA) is 135 Å². The van der Waals surface area contributed by atoms with Gasteiger partial charge in [0.05, 0.1) is 35.2 Å². The Hall–Kier alpha value is -4.80. The number of carbonyl (C=O) groups excluding carboxylic acids is 5. The first-order chi connectivity index (χ1) is 16.3. The first-order valence-electron chi connectivity index (χ1n) is 9.89. The quantitative estimate of drug-likeness (QED) is 0.422. The van der Waals surface area contributed by atoms with E-state index in [0.29, 0.717) is 5.76 Å². The minimum Gasteiger partial charge on any atom is -0.467 e. The summed E-state index contributed by atoms with van der Waals surface area (Å²) < 4.78 is 23.1. The highest BCUT2D eigenvalue weighted by atomic mass is 19.1. The lowest BCUT2D eigenvalue weighted by Gasteiger charge is -2.13. The SMILES string of the molecule is O=C(COC(=O)c1ccc2c(c1)C(=O)N(c1ccc(F)cc1)C2=O)NC(=O)NCc1ccco1. The third kappa shape index (κ3) is 4.67. The van der Waals surface area contributed by atoms with E-state index in [0.717, 1.165) is 17.0 Å². The summed E-state index contributed by atoms with van der Waals surface area (Å²) in [4.78, 5) is 62.1. The predicted molar refractivity (Wildman–Crippen MR) is 113 cm³/mol. The van der Waals surface area contributed by atoms with Gasteiger partial charge in [-0.05, 0) is 54.6 Å². The van der Waals surface area contributed by atoms with Gasteiger partial charge in [-0.2, -0.15) is 0 Å². The molecule has 172 valence electrons. The molecule has 3 aromatic rings. The van der Waals surface area contributed by atoms with Gasteiger partial charge in [-0.3, -0.25) is 19.7 Å². The Kier molecular flexibility index (Phi) is 6.17. The van der Waals surface area contributed by atoms with E-state index >= 15 is 0 Å². The number of esters is 1. The Balaban J connectivity index is 1.35. The van der Waals surface area contributed by atoms with Crippen molar-refractivity contribution in [3.05, 3.63) is 89.1 Å². The van der Waals surface area contributed by atoms with Crippen LogP contribution in [-0.2, 0) is 16.1 Å². The van der Waals surface area contributed by atoms with Crippen LogP contribution in [0.25, 0.3) is 0 Å². The van der Waals surface area contributed by atoms with Gasteiger partial charge in [-0.1, -0.05) is 0 Å². The molecule has 0 bridgehead atoms. The van der Waals surface area contributed by atoms with E-state index in [1.165, 1.54) is 36.6 Å². The molecule has 1 aliphatic heterocycles. The van der Waals surface area contributed by atoms with Gasteiger partial charge in [-0.15, -0.1) is 0 Å². The van der Waals surface area contributed by atoms with Crippen LogP contribution >= 0.6 is 0 Å². The van der Waals surface area contributed by atoms with E-state index in [-0.39, 0.29) is 28.9 Å². The fraction of sp³-hybridized carbons (Fsp3) is 0.0870. The lowest BCUT2D eigenvalue weighted by atomic mass is 10.1. The number of ether oxygens (including phenoxy) is 1. The number of nitrogens with zero attached hydrogens (tertiary/aromatic N) is 1. The molecule has 0 aliphatic carbocycles. The molecule has 10 nitrogen and oxygen atoms in total. The molecule has 2 aromatic carbocycles. The number of amides is 5. The summed E-state index contributed by atoms with van der Waals surface area (Å²) in [6, 6.07) is 11.0. The number of furan rings is 1. The second-order valence-electron chi connectivity index (χ2n) is 7.07. The van der Waals surface area contributed by atoms with E-state index in [1.807, 2.05) is 5.32 Å². The van der Waals surface area contributed by atoms with E-state index in [2.05, 4.69) is 5.32 Å². The molecule has 2 heterocycles. The van der Waals surface area contributed by atoms with Gasteiger partial charge in [0.25, 0.3) is 17.7 Å². The van der Waals surface area contributed by atoms with Gasteiger partial charge < -0.3 is 14.5 Å². The molecule has 2 N–H and O–H groups in total. The second kappa shape index (κ2) is 9.36. The summed E-state index contributed by atoms with van der Waals surface area (Å²) >= 11 is 0. The van der Waals surface area contributed by atoms with Gasteiger partial charge in [0.2, 0.25) is 0 Å². The van der Waals surface area contributed by atoms with E-state index in [4.69, 9.17) is 9.15 Å². The molecule has 4 rings (SSSR count). The lowest BCUT2D eigenvalue weighted by Crippen LogP contribution is -2.41. The minimum absolute atomic E-state index is 0.0365. The maximum Gasteiger partial charge on any atom is 0.338 e. The Morgan fingerprint density at radius 3 is 2.41 bits per heavy atom. The number of urea groups is 1. The highest BCUT2D eigenvalue weighted by Gasteiger charge is 2.37. The molecular weight excluding hydrogens is 449 g/mol. The number of anilines is 1. The number of carbonyl (C=O) groups is 5. The summed E-state index contributed by atoms with van der Waals surface area (Å²) in [6.07, 6.45) is 1.43. The summed E-state index contributed by atoms with van der Waals surface area (Å²) in [6.45, 7) is -0.693. The third-order valence-electron chi connectivity index (χ3n) is 4.80. The molecule has 11 heteroatoms. The molecule has 0 spiro atoms. The average Bonchev–Trinajstić information content (AvgIpc) is 3.43. The largest absolute Gasteiger partial charge is 0.467 e. The van der Waals surface area contributed by atoms with Crippen molar-refractivity contribution in [3.8, 4) is 0 Å². The molecule has 34 heavy (non-hydrogen) atoms. The summed E-state index contributed by atoms with van der Waals surface area (Å²) in [5, 5.41) is 4.38. The zero-order chi connectivity index (χ0) is 24.2. The Morgan fingerprint density at radius 1 is 0.971 bits per heavy atom. The van der Waals surface area contributed by atoms with Crippen molar-refractivity contribution in [1.29, 1.82) is 0 Å². The maximum absolute atomic E-state index is 13.2. The normalized spacial score (nSPS) is 12.3. The number of halogens is 1. The molecule has 0 atom stereocenters. The second-order valence-corrected chi connectivity index (χ2v) is 7.07. The number of fused-ring (bicyclic) bond motifs is 1. The zero-order valence-electron chi connectivity index (χ0n) is 17.4. The van der Waals surface area contributed by atoms with Crippen molar-refractivity contribution >= 4 is 35.4 Å². The maximum atomic E-state index is 13.2. The lowest BCUT2D eigenvalue weighted by molar-refractivity contribution is -0.123. The van der Waals surface area contributed by atoms with Crippen molar-refractivity contribution in [2.24, 2.45) is 0 Å². The van der Waals surface area contributed by atoms with Gasteiger partial charge in [-0.25, -0.2) is 18.9 Å². The highest BCUT2D eigenvalue weighted by molar-refractivity contribution is 6.34. The van der Waals surface area contributed by atoms with Crippen molar-refractivity contribution < 1.29 is 37.5 Å². The van der Waals surface area contributed by atoms with Gasteiger partial charge in [0.1, 0.15) is 11.6 Å². The van der Waals surface area contributed by atoms with Crippen LogP contribution in [0.3, 0.4) is 0 Å². The first-order valence-corrected chi connectivity index (χ1v) is 9.89. The van der Waals surface area contributed by atoms with Crippen LogP contribution in [0.4, 0.5) is 14.9 Å². The van der Waals surface area contributed by atoms with Crippen LogP contribution < -0.4 is 15.5 Å². The predicted octanol–water partition coefficient (Wildman–Crippen LogP) is 2.40. The Bertz CT molecular complexity index is 1290. The van der Waals surface area contributed by atoms with Crippen molar-refractivity contribution in [3.63, 3.8) is 0 Å². The van der Waals surface area contributed by atoms with Crippen molar-refractivity contribution in [2.45, 2.75) is 6.54 Å². The highest BCUT2D eigenvalue weighted by Crippen LogP contribution is 2.29. The number of nitrogens with one attached hydrogen (secondary N) is 2. The number of hydrogen-bond donors (Lipinski definition) is 2. The van der Waals surface area contributed by atoms with E-state index in [9.17, 15) is 28.4 Å². The number of benzene rings is 2. The molecule has 5 amide bonds. The zero-order valence-corrected chi connectivity index (χ0v) is 17.4. The van der Waals surface area contributed by atoms with Crippen molar-refractivity contribution in [1.82, 2.24) is 10.6 Å². The molecule has 0 fully saturated rings. The summed E-state index contributed by atoms with van der Waals surface area (Å²) in [5.41, 5.74) is 0.136. The number of rotatable bonds is 6.